The standard InChI is InChI=1S/C12H16N6O2/c1-7-14-9(6-10-16-17-12(20)18(7)10)13-5-4-11(19)15-8-2-3-8/h6,8,13H,2-5H2,1H3,(H,15,19)(H,17,20). The van der Waals surface area contributed by atoms with Crippen molar-refractivity contribution in [3.8, 4) is 0 Å². The van der Waals surface area contributed by atoms with Gasteiger partial charge in [0, 0.05) is 25.1 Å². The van der Waals surface area contributed by atoms with Gasteiger partial charge in [-0.3, -0.25) is 4.79 Å². The Morgan fingerprint density at radius 3 is 3.10 bits per heavy atom. The fourth-order valence-corrected chi connectivity index (χ4v) is 2.02. The van der Waals surface area contributed by atoms with Crippen LogP contribution >= 0.6 is 0 Å². The van der Waals surface area contributed by atoms with E-state index in [1.807, 2.05) is 0 Å². The van der Waals surface area contributed by atoms with Crippen LogP contribution in [0.4, 0.5) is 5.82 Å². The third kappa shape index (κ3) is 2.63. The largest absolute Gasteiger partial charge is 0.369 e. The Bertz CT molecular complexity index is 700. The lowest BCUT2D eigenvalue weighted by Gasteiger charge is -2.07. The number of carbonyl (C=O) groups is 1. The van der Waals surface area contributed by atoms with Crippen LogP contribution in [0.2, 0.25) is 0 Å². The Labute approximate surface area is 114 Å². The number of rotatable bonds is 5. The molecule has 0 aliphatic heterocycles. The van der Waals surface area contributed by atoms with Crippen molar-refractivity contribution >= 4 is 17.4 Å². The number of nitrogens with one attached hydrogen (secondary N) is 3. The van der Waals surface area contributed by atoms with Gasteiger partial charge in [0.15, 0.2) is 5.65 Å². The van der Waals surface area contributed by atoms with E-state index in [0.717, 1.165) is 12.8 Å². The molecule has 1 fully saturated rings. The van der Waals surface area contributed by atoms with Crippen LogP contribution in [0.3, 0.4) is 0 Å². The second-order valence-electron chi connectivity index (χ2n) is 4.93. The van der Waals surface area contributed by atoms with Crippen LogP contribution < -0.4 is 16.3 Å². The van der Waals surface area contributed by atoms with Crippen LogP contribution in [0.5, 0.6) is 0 Å². The SMILES string of the molecule is Cc1nc(NCCC(=O)NC2CC2)cc2n[nH]c(=O)n12. The molecule has 3 rings (SSSR count). The summed E-state index contributed by atoms with van der Waals surface area (Å²) in [5.74, 6) is 1.20. The molecule has 0 unspecified atom stereocenters. The Hall–Kier alpha value is -2.38. The lowest BCUT2D eigenvalue weighted by molar-refractivity contribution is -0.120. The van der Waals surface area contributed by atoms with E-state index in [-0.39, 0.29) is 11.6 Å². The van der Waals surface area contributed by atoms with Crippen LogP contribution in [-0.4, -0.2) is 38.1 Å². The minimum Gasteiger partial charge on any atom is -0.369 e. The molecule has 1 aliphatic rings. The molecule has 0 atom stereocenters. The third-order valence-electron chi connectivity index (χ3n) is 3.17. The predicted molar refractivity (Wildman–Crippen MR) is 72.6 cm³/mol. The zero-order valence-electron chi connectivity index (χ0n) is 11.1. The summed E-state index contributed by atoms with van der Waals surface area (Å²) in [5, 5.41) is 12.3. The molecule has 0 aromatic carbocycles. The van der Waals surface area contributed by atoms with Crippen molar-refractivity contribution in [2.75, 3.05) is 11.9 Å². The minimum absolute atomic E-state index is 0.0498. The highest BCUT2D eigenvalue weighted by atomic mass is 16.2. The van der Waals surface area contributed by atoms with Crippen molar-refractivity contribution in [1.82, 2.24) is 24.9 Å². The molecule has 20 heavy (non-hydrogen) atoms. The van der Waals surface area contributed by atoms with E-state index in [9.17, 15) is 9.59 Å². The molecule has 1 saturated carbocycles. The Kier molecular flexibility index (Phi) is 3.13. The zero-order valence-corrected chi connectivity index (χ0v) is 11.1. The van der Waals surface area contributed by atoms with E-state index >= 15 is 0 Å². The maximum atomic E-state index is 11.5. The van der Waals surface area contributed by atoms with Crippen LogP contribution in [-0.2, 0) is 4.79 Å². The first-order valence-electron chi connectivity index (χ1n) is 6.61. The number of aromatic nitrogens is 4. The number of H-pyrrole nitrogens is 1. The smallest absolute Gasteiger partial charge is 0.349 e. The van der Waals surface area contributed by atoms with E-state index in [0.29, 0.717) is 36.3 Å². The first kappa shape index (κ1) is 12.6. The van der Waals surface area contributed by atoms with Gasteiger partial charge in [-0.2, -0.15) is 5.10 Å². The highest BCUT2D eigenvalue weighted by Gasteiger charge is 2.22. The van der Waals surface area contributed by atoms with Gasteiger partial charge < -0.3 is 10.6 Å². The first-order chi connectivity index (χ1) is 9.63. The van der Waals surface area contributed by atoms with E-state index in [2.05, 4.69) is 25.8 Å². The number of aryl methyl sites for hydroxylation is 1. The van der Waals surface area contributed by atoms with Gasteiger partial charge in [0.05, 0.1) is 0 Å². The van der Waals surface area contributed by atoms with Gasteiger partial charge in [-0.1, -0.05) is 0 Å². The van der Waals surface area contributed by atoms with Crippen molar-refractivity contribution in [1.29, 1.82) is 0 Å². The van der Waals surface area contributed by atoms with E-state index in [1.54, 1.807) is 13.0 Å². The normalized spacial score (nSPS) is 14.4. The quantitative estimate of drug-likeness (QED) is 0.702. The number of amides is 1. The second kappa shape index (κ2) is 4.95. The molecular weight excluding hydrogens is 260 g/mol. The lowest BCUT2D eigenvalue weighted by atomic mass is 10.4. The van der Waals surface area contributed by atoms with Gasteiger partial charge in [0.2, 0.25) is 5.91 Å². The minimum atomic E-state index is -0.305. The van der Waals surface area contributed by atoms with Crippen molar-refractivity contribution in [2.45, 2.75) is 32.2 Å². The summed E-state index contributed by atoms with van der Waals surface area (Å²) in [4.78, 5) is 27.3. The highest BCUT2D eigenvalue weighted by Crippen LogP contribution is 2.18. The van der Waals surface area contributed by atoms with Crippen LogP contribution in [0, 0.1) is 6.92 Å². The van der Waals surface area contributed by atoms with E-state index < -0.39 is 0 Å². The van der Waals surface area contributed by atoms with Crippen LogP contribution in [0.25, 0.3) is 5.65 Å². The topological polar surface area (TPSA) is 104 Å². The number of fused-ring (bicyclic) bond motifs is 1. The van der Waals surface area contributed by atoms with Gasteiger partial charge in [0.1, 0.15) is 11.6 Å². The monoisotopic (exact) mass is 276 g/mol. The predicted octanol–water partition coefficient (Wildman–Crippen LogP) is -0.193. The summed E-state index contributed by atoms with van der Waals surface area (Å²) >= 11 is 0. The molecule has 1 amide bonds. The number of anilines is 1. The van der Waals surface area contributed by atoms with Gasteiger partial charge in [0.25, 0.3) is 0 Å². The molecule has 3 N–H and O–H groups in total. The summed E-state index contributed by atoms with van der Waals surface area (Å²) in [6.07, 6.45) is 2.57. The maximum absolute atomic E-state index is 11.5. The fraction of sp³-hybridized carbons (Fsp3) is 0.500. The number of aromatic amines is 1. The van der Waals surface area contributed by atoms with Crippen molar-refractivity contribution < 1.29 is 4.79 Å². The molecule has 2 aromatic rings. The average Bonchev–Trinajstić information content (AvgIpc) is 3.12. The highest BCUT2D eigenvalue weighted by molar-refractivity contribution is 5.77. The molecule has 0 spiro atoms. The lowest BCUT2D eigenvalue weighted by Crippen LogP contribution is -2.27. The van der Waals surface area contributed by atoms with Crippen molar-refractivity contribution in [2.24, 2.45) is 0 Å². The Morgan fingerprint density at radius 2 is 2.35 bits per heavy atom. The number of hydrogen-bond donors (Lipinski definition) is 3. The molecular formula is C12H16N6O2. The number of carbonyl (C=O) groups excluding carboxylic acids is 1. The van der Waals surface area contributed by atoms with Gasteiger partial charge in [-0.15, -0.1) is 0 Å². The molecule has 1 aliphatic carbocycles. The van der Waals surface area contributed by atoms with Crippen LogP contribution in [0.15, 0.2) is 10.9 Å². The average molecular weight is 276 g/mol. The fourth-order valence-electron chi connectivity index (χ4n) is 2.02. The zero-order chi connectivity index (χ0) is 14.1. The summed E-state index contributed by atoms with van der Waals surface area (Å²) in [6, 6.07) is 2.05. The summed E-state index contributed by atoms with van der Waals surface area (Å²) in [5.41, 5.74) is 0.202. The summed E-state index contributed by atoms with van der Waals surface area (Å²) in [7, 11) is 0. The van der Waals surface area contributed by atoms with Crippen molar-refractivity contribution in [3.63, 3.8) is 0 Å². The number of hydrogen-bond acceptors (Lipinski definition) is 5. The first-order valence-corrected chi connectivity index (χ1v) is 6.61. The van der Waals surface area contributed by atoms with Gasteiger partial charge >= 0.3 is 5.69 Å². The molecule has 2 heterocycles. The molecule has 106 valence electrons. The van der Waals surface area contributed by atoms with Gasteiger partial charge in [-0.05, 0) is 19.8 Å². The Morgan fingerprint density at radius 1 is 1.55 bits per heavy atom. The number of nitrogens with zero attached hydrogens (tertiary/aromatic N) is 3. The Balaban J connectivity index is 1.62. The molecule has 8 nitrogen and oxygen atoms in total. The van der Waals surface area contributed by atoms with E-state index in [4.69, 9.17) is 0 Å². The van der Waals surface area contributed by atoms with E-state index in [1.165, 1.54) is 4.40 Å². The summed E-state index contributed by atoms with van der Waals surface area (Å²) < 4.78 is 1.39. The molecule has 0 bridgehead atoms. The van der Waals surface area contributed by atoms with Crippen LogP contribution in [0.1, 0.15) is 25.1 Å². The molecule has 2 aromatic heterocycles. The molecule has 0 radical (unpaired) electrons. The third-order valence-corrected chi connectivity index (χ3v) is 3.17. The molecule has 8 heteroatoms. The van der Waals surface area contributed by atoms with Gasteiger partial charge in [-0.25, -0.2) is 19.3 Å². The summed E-state index contributed by atoms with van der Waals surface area (Å²) in [6.45, 7) is 2.23. The van der Waals surface area contributed by atoms with Crippen molar-refractivity contribution in [3.05, 3.63) is 22.4 Å². The molecule has 0 saturated heterocycles. The second-order valence-corrected chi connectivity index (χ2v) is 4.93. The maximum Gasteiger partial charge on any atom is 0.349 e.